The fourth-order valence-corrected chi connectivity index (χ4v) is 2.37. The van der Waals surface area contributed by atoms with E-state index in [1.54, 1.807) is 13.3 Å². The lowest BCUT2D eigenvalue weighted by molar-refractivity contribution is 0.223. The highest BCUT2D eigenvalue weighted by atomic mass is 16.5. The Morgan fingerprint density at radius 1 is 1.19 bits per heavy atom. The molecule has 0 aliphatic rings. The summed E-state index contributed by atoms with van der Waals surface area (Å²) >= 11 is 0. The highest BCUT2D eigenvalue weighted by molar-refractivity contribution is 5.79. The van der Waals surface area contributed by atoms with Crippen molar-refractivity contribution in [2.24, 2.45) is 4.99 Å². The van der Waals surface area contributed by atoms with E-state index >= 15 is 0 Å². The van der Waals surface area contributed by atoms with Gasteiger partial charge in [-0.05, 0) is 44.5 Å². The zero-order valence-electron chi connectivity index (χ0n) is 16.0. The summed E-state index contributed by atoms with van der Waals surface area (Å²) in [6.07, 6.45) is 1.77. The Balaban J connectivity index is 1.90. The lowest BCUT2D eigenvalue weighted by atomic mass is 10.2. The van der Waals surface area contributed by atoms with Gasteiger partial charge in [0.1, 0.15) is 17.6 Å². The first-order valence-electron chi connectivity index (χ1n) is 8.85. The Morgan fingerprint density at radius 2 is 2.00 bits per heavy atom. The van der Waals surface area contributed by atoms with Gasteiger partial charge in [0.05, 0.1) is 25.9 Å². The molecule has 2 aromatic rings. The fraction of sp³-hybridized carbons (Fsp3) is 0.400. The Labute approximate surface area is 155 Å². The molecule has 1 unspecified atom stereocenters. The minimum Gasteiger partial charge on any atom is -0.497 e. The number of aryl methyl sites for hydroxylation is 1. The van der Waals surface area contributed by atoms with Crippen LogP contribution < -0.4 is 20.1 Å². The quantitative estimate of drug-likeness (QED) is 0.562. The van der Waals surface area contributed by atoms with E-state index in [-0.39, 0.29) is 6.10 Å². The minimum atomic E-state index is -0.0254. The van der Waals surface area contributed by atoms with Crippen molar-refractivity contribution in [1.29, 1.82) is 0 Å². The normalized spacial score (nSPS) is 12.4. The van der Waals surface area contributed by atoms with E-state index in [0.717, 1.165) is 35.3 Å². The molecule has 26 heavy (non-hydrogen) atoms. The highest BCUT2D eigenvalue weighted by Gasteiger charge is 2.07. The number of ether oxygens (including phenoxy) is 2. The molecular formula is C20H28N4O2. The van der Waals surface area contributed by atoms with Crippen LogP contribution >= 0.6 is 0 Å². The number of aliphatic imine (C=N–C) groups is 1. The van der Waals surface area contributed by atoms with Crippen LogP contribution in [0, 0.1) is 6.92 Å². The van der Waals surface area contributed by atoms with Gasteiger partial charge in [0.15, 0.2) is 5.96 Å². The Morgan fingerprint density at radius 3 is 2.73 bits per heavy atom. The van der Waals surface area contributed by atoms with E-state index in [0.29, 0.717) is 13.1 Å². The maximum atomic E-state index is 5.93. The molecular weight excluding hydrogens is 328 g/mol. The van der Waals surface area contributed by atoms with Gasteiger partial charge in [-0.25, -0.2) is 4.99 Å². The molecule has 0 aliphatic carbocycles. The van der Waals surface area contributed by atoms with Gasteiger partial charge in [0.2, 0.25) is 0 Å². The molecule has 1 aromatic carbocycles. The maximum absolute atomic E-state index is 5.93. The molecule has 0 bridgehead atoms. The molecule has 0 spiro atoms. The molecule has 2 rings (SSSR count). The summed E-state index contributed by atoms with van der Waals surface area (Å²) in [5.74, 6) is 2.31. The van der Waals surface area contributed by atoms with Crippen LogP contribution in [-0.4, -0.2) is 37.2 Å². The summed E-state index contributed by atoms with van der Waals surface area (Å²) in [5, 5.41) is 6.56. The van der Waals surface area contributed by atoms with Gasteiger partial charge in [0.25, 0.3) is 0 Å². The van der Waals surface area contributed by atoms with Crippen LogP contribution in [-0.2, 0) is 6.54 Å². The third-order valence-corrected chi connectivity index (χ3v) is 3.78. The molecule has 0 fully saturated rings. The molecule has 0 radical (unpaired) electrons. The number of hydrogen-bond donors (Lipinski definition) is 2. The number of pyridine rings is 1. The van der Waals surface area contributed by atoms with Crippen molar-refractivity contribution in [2.45, 2.75) is 33.4 Å². The van der Waals surface area contributed by atoms with Crippen LogP contribution in [0.2, 0.25) is 0 Å². The lowest BCUT2D eigenvalue weighted by Crippen LogP contribution is -2.41. The smallest absolute Gasteiger partial charge is 0.191 e. The number of nitrogens with one attached hydrogen (secondary N) is 2. The third-order valence-electron chi connectivity index (χ3n) is 3.78. The minimum absolute atomic E-state index is 0.0254. The van der Waals surface area contributed by atoms with Crippen molar-refractivity contribution in [2.75, 3.05) is 20.2 Å². The monoisotopic (exact) mass is 356 g/mol. The molecule has 0 saturated carbocycles. The first-order chi connectivity index (χ1) is 12.6. The van der Waals surface area contributed by atoms with E-state index in [2.05, 4.69) is 20.6 Å². The Kier molecular flexibility index (Phi) is 7.74. The average molecular weight is 356 g/mol. The number of benzene rings is 1. The standard InChI is InChI=1S/C20H28N4O2/c1-5-21-20(24-14-19-15(2)8-7-11-22-19)23-13-16(3)26-18-10-6-9-17(12-18)25-4/h6-12,16H,5,13-14H2,1-4H3,(H2,21,23,24). The summed E-state index contributed by atoms with van der Waals surface area (Å²) in [5.41, 5.74) is 2.12. The number of methoxy groups -OCH3 is 1. The topological polar surface area (TPSA) is 67.8 Å². The summed E-state index contributed by atoms with van der Waals surface area (Å²) in [7, 11) is 1.65. The predicted octanol–water partition coefficient (Wildman–Crippen LogP) is 2.92. The van der Waals surface area contributed by atoms with Gasteiger partial charge in [-0.15, -0.1) is 0 Å². The molecule has 1 heterocycles. The first-order valence-corrected chi connectivity index (χ1v) is 8.85. The largest absolute Gasteiger partial charge is 0.497 e. The summed E-state index contributed by atoms with van der Waals surface area (Å²) < 4.78 is 11.1. The predicted molar refractivity (Wildman–Crippen MR) is 105 cm³/mol. The van der Waals surface area contributed by atoms with Crippen molar-refractivity contribution in [3.8, 4) is 11.5 Å². The van der Waals surface area contributed by atoms with Crippen molar-refractivity contribution < 1.29 is 9.47 Å². The molecule has 0 saturated heterocycles. The van der Waals surface area contributed by atoms with Gasteiger partial charge in [-0.2, -0.15) is 0 Å². The SMILES string of the molecule is CCNC(=NCc1ncccc1C)NCC(C)Oc1cccc(OC)c1. The first kappa shape index (κ1) is 19.6. The number of hydrogen-bond acceptors (Lipinski definition) is 4. The highest BCUT2D eigenvalue weighted by Crippen LogP contribution is 2.19. The fourth-order valence-electron chi connectivity index (χ4n) is 2.37. The molecule has 140 valence electrons. The van der Waals surface area contributed by atoms with E-state index in [9.17, 15) is 0 Å². The van der Waals surface area contributed by atoms with E-state index in [4.69, 9.17) is 9.47 Å². The van der Waals surface area contributed by atoms with Crippen LogP contribution in [0.4, 0.5) is 0 Å². The van der Waals surface area contributed by atoms with Crippen molar-refractivity contribution in [1.82, 2.24) is 15.6 Å². The number of guanidine groups is 1. The second kappa shape index (κ2) is 10.3. The van der Waals surface area contributed by atoms with E-state index < -0.39 is 0 Å². The molecule has 0 amide bonds. The Bertz CT molecular complexity index is 718. The second-order valence-corrected chi connectivity index (χ2v) is 5.95. The van der Waals surface area contributed by atoms with Crippen LogP contribution in [0.3, 0.4) is 0 Å². The van der Waals surface area contributed by atoms with Crippen LogP contribution in [0.15, 0.2) is 47.6 Å². The van der Waals surface area contributed by atoms with E-state index in [1.165, 1.54) is 0 Å². The molecule has 6 nitrogen and oxygen atoms in total. The van der Waals surface area contributed by atoms with E-state index in [1.807, 2.05) is 57.2 Å². The Hall–Kier alpha value is -2.76. The lowest BCUT2D eigenvalue weighted by Gasteiger charge is -2.18. The van der Waals surface area contributed by atoms with Crippen molar-refractivity contribution in [3.05, 3.63) is 53.9 Å². The van der Waals surface area contributed by atoms with Crippen LogP contribution in [0.25, 0.3) is 0 Å². The average Bonchev–Trinajstić information content (AvgIpc) is 2.65. The molecule has 2 N–H and O–H groups in total. The molecule has 0 aliphatic heterocycles. The number of rotatable bonds is 8. The van der Waals surface area contributed by atoms with Crippen LogP contribution in [0.1, 0.15) is 25.1 Å². The number of aromatic nitrogens is 1. The molecule has 1 atom stereocenters. The van der Waals surface area contributed by atoms with Gasteiger partial charge in [-0.3, -0.25) is 4.98 Å². The van der Waals surface area contributed by atoms with Crippen molar-refractivity contribution in [3.63, 3.8) is 0 Å². The summed E-state index contributed by atoms with van der Waals surface area (Å²) in [4.78, 5) is 8.99. The third kappa shape index (κ3) is 6.27. The van der Waals surface area contributed by atoms with Crippen LogP contribution in [0.5, 0.6) is 11.5 Å². The van der Waals surface area contributed by atoms with Gasteiger partial charge in [0, 0.05) is 18.8 Å². The summed E-state index contributed by atoms with van der Waals surface area (Å²) in [6, 6.07) is 11.6. The summed E-state index contributed by atoms with van der Waals surface area (Å²) in [6.45, 7) is 8.05. The van der Waals surface area contributed by atoms with Crippen molar-refractivity contribution >= 4 is 5.96 Å². The van der Waals surface area contributed by atoms with Gasteiger partial charge < -0.3 is 20.1 Å². The van der Waals surface area contributed by atoms with Gasteiger partial charge in [-0.1, -0.05) is 12.1 Å². The maximum Gasteiger partial charge on any atom is 0.191 e. The number of nitrogens with zero attached hydrogens (tertiary/aromatic N) is 2. The second-order valence-electron chi connectivity index (χ2n) is 5.95. The zero-order chi connectivity index (χ0) is 18.8. The molecule has 6 heteroatoms. The van der Waals surface area contributed by atoms with Gasteiger partial charge >= 0.3 is 0 Å². The zero-order valence-corrected chi connectivity index (χ0v) is 16.0. The molecule has 1 aromatic heterocycles.